The number of halogens is 1. The lowest BCUT2D eigenvalue weighted by Crippen LogP contribution is -2.34. The molecule has 0 fully saturated rings. The lowest BCUT2D eigenvalue weighted by Gasteiger charge is -2.28. The van der Waals surface area contributed by atoms with Gasteiger partial charge in [-0.25, -0.2) is 14.2 Å². The number of ether oxygens (including phenoxy) is 3. The number of anilines is 1. The second-order valence-electron chi connectivity index (χ2n) is 7.53. The van der Waals surface area contributed by atoms with E-state index in [0.717, 1.165) is 5.56 Å². The van der Waals surface area contributed by atoms with Crippen LogP contribution in [0.5, 0.6) is 5.75 Å². The first kappa shape index (κ1) is 21.3. The lowest BCUT2D eigenvalue weighted by atomic mass is 10.1. The summed E-state index contributed by atoms with van der Waals surface area (Å²) < 4.78 is 31.3. The van der Waals surface area contributed by atoms with E-state index in [9.17, 15) is 14.0 Å². The summed E-state index contributed by atoms with van der Waals surface area (Å²) in [5.41, 5.74) is 2.50. The maximum atomic E-state index is 14.2. The van der Waals surface area contributed by atoms with Gasteiger partial charge in [-0.2, -0.15) is 16.4 Å². The third-order valence-electron chi connectivity index (χ3n) is 5.27. The van der Waals surface area contributed by atoms with Gasteiger partial charge in [-0.15, -0.1) is 0 Å². The average Bonchev–Trinajstić information content (AvgIpc) is 3.38. The van der Waals surface area contributed by atoms with Crippen molar-refractivity contribution in [2.24, 2.45) is 5.10 Å². The molecule has 3 heterocycles. The summed E-state index contributed by atoms with van der Waals surface area (Å²) in [7, 11) is 0. The number of esters is 1. The van der Waals surface area contributed by atoms with Crippen molar-refractivity contribution in [2.45, 2.75) is 32.3 Å². The first-order valence-electron chi connectivity index (χ1n) is 10.3. The molecule has 0 saturated carbocycles. The molecule has 2 aliphatic rings. The molecule has 33 heavy (non-hydrogen) atoms. The fraction of sp³-hybridized carbons (Fsp3) is 0.208. The summed E-state index contributed by atoms with van der Waals surface area (Å²) >= 11 is 1.52. The molecule has 2 aromatic carbocycles. The molecule has 0 saturated heterocycles. The van der Waals surface area contributed by atoms with Crippen LogP contribution in [0.3, 0.4) is 0 Å². The summed E-state index contributed by atoms with van der Waals surface area (Å²) in [6.45, 7) is -0.0248. The molecule has 1 atom stereocenters. The summed E-state index contributed by atoms with van der Waals surface area (Å²) in [6, 6.07) is 13.4. The predicted octanol–water partition coefficient (Wildman–Crippen LogP) is 4.72. The number of amides is 1. The highest BCUT2D eigenvalue weighted by Crippen LogP contribution is 2.37. The van der Waals surface area contributed by atoms with Crippen LogP contribution < -0.4 is 9.75 Å². The SMILES string of the molecule is O=C(OCc1cc(F)cc2c1O[C@@H](c1ccsc1)OC2)C1=NN(c2ccccc2)C(=O)CC1. The smallest absolute Gasteiger partial charge is 0.354 e. The van der Waals surface area contributed by atoms with Crippen LogP contribution >= 0.6 is 11.3 Å². The summed E-state index contributed by atoms with van der Waals surface area (Å²) in [5, 5.41) is 9.23. The molecule has 0 aliphatic carbocycles. The van der Waals surface area contributed by atoms with Crippen molar-refractivity contribution in [1.82, 2.24) is 0 Å². The standard InChI is InChI=1S/C24H19FN2O5S/c25-18-10-16(22-17(11-18)13-31-24(32-22)15-8-9-33-14-15)12-30-23(29)20-6-7-21(28)27(26-20)19-4-2-1-3-5-19/h1-5,8-11,14,24H,6-7,12-13H2/t24-/m0/s1. The van der Waals surface area contributed by atoms with Gasteiger partial charge in [0.25, 0.3) is 0 Å². The summed E-state index contributed by atoms with van der Waals surface area (Å²) in [4.78, 5) is 25.0. The molecule has 168 valence electrons. The van der Waals surface area contributed by atoms with Gasteiger partial charge in [0.2, 0.25) is 12.2 Å². The molecule has 1 aromatic heterocycles. The Bertz CT molecular complexity index is 1210. The maximum Gasteiger partial charge on any atom is 0.354 e. The number of benzene rings is 2. The number of rotatable bonds is 5. The van der Waals surface area contributed by atoms with Gasteiger partial charge in [0.05, 0.1) is 12.3 Å². The van der Waals surface area contributed by atoms with E-state index in [2.05, 4.69) is 5.10 Å². The molecule has 0 unspecified atom stereocenters. The van der Waals surface area contributed by atoms with E-state index in [1.54, 1.807) is 24.3 Å². The van der Waals surface area contributed by atoms with Crippen LogP contribution in [0.4, 0.5) is 10.1 Å². The van der Waals surface area contributed by atoms with E-state index >= 15 is 0 Å². The van der Waals surface area contributed by atoms with E-state index in [0.29, 0.717) is 22.6 Å². The Hall–Kier alpha value is -3.56. The van der Waals surface area contributed by atoms with Crippen LogP contribution in [0.15, 0.2) is 64.4 Å². The molecule has 5 rings (SSSR count). The fourth-order valence-corrected chi connectivity index (χ4v) is 4.32. The third kappa shape index (κ3) is 4.50. The molecular formula is C24H19FN2O5S. The number of carbonyl (C=O) groups is 2. The van der Waals surface area contributed by atoms with Gasteiger partial charge < -0.3 is 14.2 Å². The Morgan fingerprint density at radius 1 is 1.21 bits per heavy atom. The number of hydrogen-bond donors (Lipinski definition) is 0. The number of thiophene rings is 1. The van der Waals surface area contributed by atoms with Gasteiger partial charge in [0.1, 0.15) is 23.9 Å². The second-order valence-corrected chi connectivity index (χ2v) is 8.31. The Kier molecular flexibility index (Phi) is 5.89. The summed E-state index contributed by atoms with van der Waals surface area (Å²) in [5.74, 6) is -0.900. The molecule has 0 bridgehead atoms. The third-order valence-corrected chi connectivity index (χ3v) is 5.97. The second kappa shape index (κ2) is 9.13. The minimum atomic E-state index is -0.664. The minimum Gasteiger partial charge on any atom is -0.460 e. The van der Waals surface area contributed by atoms with E-state index in [1.807, 2.05) is 22.9 Å². The van der Waals surface area contributed by atoms with Crippen LogP contribution in [0, 0.1) is 5.82 Å². The zero-order valence-corrected chi connectivity index (χ0v) is 18.2. The van der Waals surface area contributed by atoms with E-state index in [4.69, 9.17) is 14.2 Å². The van der Waals surface area contributed by atoms with Gasteiger partial charge in [-0.3, -0.25) is 4.79 Å². The van der Waals surface area contributed by atoms with Crippen LogP contribution in [0.25, 0.3) is 0 Å². The first-order valence-corrected chi connectivity index (χ1v) is 11.3. The van der Waals surface area contributed by atoms with Crippen molar-refractivity contribution < 1.29 is 28.2 Å². The molecule has 0 spiro atoms. The fourth-order valence-electron chi connectivity index (χ4n) is 3.66. The van der Waals surface area contributed by atoms with Crippen LogP contribution in [-0.4, -0.2) is 17.6 Å². The molecule has 0 N–H and O–H groups in total. The zero-order valence-electron chi connectivity index (χ0n) is 17.4. The lowest BCUT2D eigenvalue weighted by molar-refractivity contribution is -0.137. The normalized spacial score (nSPS) is 17.7. The summed E-state index contributed by atoms with van der Waals surface area (Å²) in [6.07, 6.45) is -0.301. The van der Waals surface area contributed by atoms with Gasteiger partial charge in [-0.1, -0.05) is 18.2 Å². The Labute approximate surface area is 193 Å². The van der Waals surface area contributed by atoms with Gasteiger partial charge in [0.15, 0.2) is 0 Å². The molecule has 9 heteroatoms. The van der Waals surface area contributed by atoms with Crippen LogP contribution in [0.2, 0.25) is 0 Å². The number of para-hydroxylation sites is 1. The Morgan fingerprint density at radius 3 is 2.85 bits per heavy atom. The van der Waals surface area contributed by atoms with Gasteiger partial charge in [0, 0.05) is 34.9 Å². The zero-order chi connectivity index (χ0) is 22.8. The highest BCUT2D eigenvalue weighted by Gasteiger charge is 2.28. The highest BCUT2D eigenvalue weighted by molar-refractivity contribution is 7.07. The number of hydrogen-bond acceptors (Lipinski definition) is 7. The minimum absolute atomic E-state index is 0.129. The van der Waals surface area contributed by atoms with Crippen molar-refractivity contribution in [2.75, 3.05) is 5.01 Å². The van der Waals surface area contributed by atoms with Crippen molar-refractivity contribution in [3.63, 3.8) is 0 Å². The molecule has 1 amide bonds. The average molecular weight is 466 g/mol. The maximum absolute atomic E-state index is 14.2. The van der Waals surface area contributed by atoms with E-state index in [1.165, 1.54) is 28.5 Å². The number of fused-ring (bicyclic) bond motifs is 1. The molecular weight excluding hydrogens is 447 g/mol. The molecule has 0 radical (unpaired) electrons. The topological polar surface area (TPSA) is 77.4 Å². The largest absolute Gasteiger partial charge is 0.460 e. The Balaban J connectivity index is 1.33. The highest BCUT2D eigenvalue weighted by atomic mass is 32.1. The van der Waals surface area contributed by atoms with Crippen molar-refractivity contribution in [3.05, 3.63) is 81.8 Å². The predicted molar refractivity (Wildman–Crippen MR) is 119 cm³/mol. The van der Waals surface area contributed by atoms with Gasteiger partial charge in [-0.05, 0) is 35.7 Å². The van der Waals surface area contributed by atoms with Crippen LogP contribution in [0.1, 0.15) is 35.8 Å². The monoisotopic (exact) mass is 466 g/mol. The van der Waals surface area contributed by atoms with Crippen LogP contribution in [-0.2, 0) is 32.3 Å². The molecule has 7 nitrogen and oxygen atoms in total. The number of hydrazone groups is 1. The number of nitrogens with zero attached hydrogens (tertiary/aromatic N) is 2. The quantitative estimate of drug-likeness (QED) is 0.509. The van der Waals surface area contributed by atoms with Crippen molar-refractivity contribution in [1.29, 1.82) is 0 Å². The van der Waals surface area contributed by atoms with Crippen molar-refractivity contribution in [3.8, 4) is 5.75 Å². The molecule has 2 aliphatic heterocycles. The molecule has 3 aromatic rings. The van der Waals surface area contributed by atoms with E-state index in [-0.39, 0.29) is 37.7 Å². The Morgan fingerprint density at radius 2 is 2.06 bits per heavy atom. The van der Waals surface area contributed by atoms with E-state index < -0.39 is 18.1 Å². The first-order chi connectivity index (χ1) is 16.1. The number of carbonyl (C=O) groups excluding carboxylic acids is 2. The van der Waals surface area contributed by atoms with Crippen molar-refractivity contribution >= 4 is 34.6 Å². The van der Waals surface area contributed by atoms with Gasteiger partial charge >= 0.3 is 5.97 Å².